The molecule has 0 aromatic heterocycles. The zero-order valence-electron chi connectivity index (χ0n) is 12.1. The van der Waals surface area contributed by atoms with Crippen LogP contribution in [0.5, 0.6) is 0 Å². The summed E-state index contributed by atoms with van der Waals surface area (Å²) in [5, 5.41) is 5.00. The van der Waals surface area contributed by atoms with Crippen LogP contribution in [0.4, 0.5) is 10.5 Å². The second-order valence-electron chi connectivity index (χ2n) is 4.74. The monoisotopic (exact) mass is 291 g/mol. The first-order valence-electron chi connectivity index (χ1n) is 6.40. The van der Waals surface area contributed by atoms with E-state index in [4.69, 9.17) is 0 Å². The molecule has 0 fully saturated rings. The molecule has 1 heterocycles. The second kappa shape index (κ2) is 5.43. The van der Waals surface area contributed by atoms with Crippen molar-refractivity contribution in [2.24, 2.45) is 0 Å². The molecule has 1 aromatic carbocycles. The Bertz CT molecular complexity index is 582. The summed E-state index contributed by atoms with van der Waals surface area (Å²) < 4.78 is 4.67. The fourth-order valence-electron chi connectivity index (χ4n) is 2.52. The van der Waals surface area contributed by atoms with Crippen molar-refractivity contribution in [1.29, 1.82) is 0 Å². The number of fused-ring (bicyclic) bond motifs is 1. The number of urea groups is 1. The molecule has 0 radical (unpaired) electrons. The Morgan fingerprint density at radius 1 is 1.33 bits per heavy atom. The van der Waals surface area contributed by atoms with E-state index in [-0.39, 0.29) is 12.3 Å². The molecule has 0 saturated heterocycles. The number of carbonyl (C=O) groups excluding carboxylic acids is 3. The van der Waals surface area contributed by atoms with Crippen molar-refractivity contribution in [3.8, 4) is 0 Å². The zero-order valence-corrected chi connectivity index (χ0v) is 12.1. The van der Waals surface area contributed by atoms with Gasteiger partial charge in [0.15, 0.2) is 5.54 Å². The number of nitrogens with zero attached hydrogens (tertiary/aromatic N) is 1. The number of methoxy groups -OCH3 is 1. The normalized spacial score (nSPS) is 20.0. The quantitative estimate of drug-likeness (QED) is 0.787. The molecule has 1 aliphatic rings. The fourth-order valence-corrected chi connectivity index (χ4v) is 2.52. The van der Waals surface area contributed by atoms with Crippen molar-refractivity contribution in [1.82, 2.24) is 10.6 Å². The predicted molar refractivity (Wildman–Crippen MR) is 75.8 cm³/mol. The van der Waals surface area contributed by atoms with E-state index in [0.29, 0.717) is 11.3 Å². The van der Waals surface area contributed by atoms with Crippen molar-refractivity contribution in [3.63, 3.8) is 0 Å². The van der Waals surface area contributed by atoms with E-state index in [1.165, 1.54) is 19.1 Å². The van der Waals surface area contributed by atoms with E-state index in [1.54, 1.807) is 31.3 Å². The average Bonchev–Trinajstić information content (AvgIpc) is 2.70. The number of rotatable bonds is 3. The van der Waals surface area contributed by atoms with Crippen LogP contribution in [0.15, 0.2) is 24.3 Å². The van der Waals surface area contributed by atoms with Gasteiger partial charge in [-0.3, -0.25) is 9.59 Å². The highest BCUT2D eigenvalue weighted by Gasteiger charge is 2.52. The number of likely N-dealkylation sites (N-methyl/N-ethyl adjacent to an activating group) is 1. The lowest BCUT2D eigenvalue weighted by atomic mass is 9.88. The number of nitrogens with one attached hydrogen (secondary N) is 2. The van der Waals surface area contributed by atoms with Crippen LogP contribution in [-0.2, 0) is 19.9 Å². The molecule has 3 amide bonds. The zero-order chi connectivity index (χ0) is 15.6. The molecule has 112 valence electrons. The highest BCUT2D eigenvalue weighted by atomic mass is 16.5. The van der Waals surface area contributed by atoms with Gasteiger partial charge in [-0.05, 0) is 6.07 Å². The number of benzene rings is 1. The molecular weight excluding hydrogens is 274 g/mol. The first-order chi connectivity index (χ1) is 9.96. The minimum absolute atomic E-state index is 0.267. The van der Waals surface area contributed by atoms with Gasteiger partial charge in [-0.15, -0.1) is 0 Å². The van der Waals surface area contributed by atoms with Crippen LogP contribution in [-0.4, -0.2) is 39.1 Å². The van der Waals surface area contributed by atoms with Crippen molar-refractivity contribution in [2.75, 3.05) is 26.1 Å². The van der Waals surface area contributed by atoms with E-state index < -0.39 is 17.5 Å². The van der Waals surface area contributed by atoms with Gasteiger partial charge in [-0.25, -0.2) is 4.79 Å². The smallest absolute Gasteiger partial charge is 0.315 e. The largest absolute Gasteiger partial charge is 0.469 e. The van der Waals surface area contributed by atoms with Crippen LogP contribution >= 0.6 is 0 Å². The number of amides is 3. The Kier molecular flexibility index (Phi) is 3.84. The molecule has 1 aliphatic heterocycles. The van der Waals surface area contributed by atoms with E-state index in [2.05, 4.69) is 15.4 Å². The van der Waals surface area contributed by atoms with Crippen LogP contribution in [0.25, 0.3) is 0 Å². The van der Waals surface area contributed by atoms with Crippen LogP contribution < -0.4 is 15.5 Å². The van der Waals surface area contributed by atoms with Gasteiger partial charge in [0, 0.05) is 25.3 Å². The topological polar surface area (TPSA) is 87.7 Å². The molecule has 0 saturated carbocycles. The fraction of sp³-hybridized carbons (Fsp3) is 0.357. The summed E-state index contributed by atoms with van der Waals surface area (Å²) in [4.78, 5) is 37.6. The second-order valence-corrected chi connectivity index (χ2v) is 4.74. The standard InChI is InChI=1S/C14H17N3O4/c1-15-13(20)16-14(8-11(18)21-3)9-6-4-5-7-10(9)17(2)12(14)19/h4-7H,8H2,1-3H3,(H2,15,16,20). The van der Waals surface area contributed by atoms with Crippen LogP contribution in [0.2, 0.25) is 0 Å². The number of carbonyl (C=O) groups is 3. The maximum absolute atomic E-state index is 12.7. The van der Waals surface area contributed by atoms with E-state index in [9.17, 15) is 14.4 Å². The van der Waals surface area contributed by atoms with Crippen molar-refractivity contribution >= 4 is 23.6 Å². The summed E-state index contributed by atoms with van der Waals surface area (Å²) >= 11 is 0. The van der Waals surface area contributed by atoms with Crippen LogP contribution in [0.1, 0.15) is 12.0 Å². The SMILES string of the molecule is CNC(=O)NC1(CC(=O)OC)C(=O)N(C)c2ccccc21. The molecule has 7 heteroatoms. The molecule has 1 unspecified atom stereocenters. The molecule has 1 atom stereocenters. The van der Waals surface area contributed by atoms with Gasteiger partial charge >= 0.3 is 12.0 Å². The molecule has 2 N–H and O–H groups in total. The van der Waals surface area contributed by atoms with E-state index in [1.807, 2.05) is 0 Å². The lowest BCUT2D eigenvalue weighted by Crippen LogP contribution is -2.55. The maximum atomic E-state index is 12.7. The molecule has 2 rings (SSSR count). The summed E-state index contributed by atoms with van der Waals surface area (Å²) in [7, 11) is 4.28. The summed E-state index contributed by atoms with van der Waals surface area (Å²) in [6.07, 6.45) is -0.267. The average molecular weight is 291 g/mol. The van der Waals surface area contributed by atoms with E-state index >= 15 is 0 Å². The number of hydrogen-bond acceptors (Lipinski definition) is 4. The molecule has 7 nitrogen and oxygen atoms in total. The minimum atomic E-state index is -1.45. The third kappa shape index (κ3) is 2.31. The number of hydrogen-bond donors (Lipinski definition) is 2. The summed E-state index contributed by atoms with van der Waals surface area (Å²) in [6.45, 7) is 0. The number of ether oxygens (including phenoxy) is 1. The first kappa shape index (κ1) is 14.8. The summed E-state index contributed by atoms with van der Waals surface area (Å²) in [6, 6.07) is 6.48. The highest BCUT2D eigenvalue weighted by molar-refractivity contribution is 6.10. The van der Waals surface area contributed by atoms with Crippen LogP contribution in [0, 0.1) is 0 Å². The highest BCUT2D eigenvalue weighted by Crippen LogP contribution is 2.41. The number of para-hydroxylation sites is 1. The molecule has 0 aliphatic carbocycles. The van der Waals surface area contributed by atoms with Gasteiger partial charge in [-0.2, -0.15) is 0 Å². The van der Waals surface area contributed by atoms with Gasteiger partial charge in [0.05, 0.1) is 13.5 Å². The predicted octanol–water partition coefficient (Wildman–Crippen LogP) is 0.350. The molecule has 0 spiro atoms. The minimum Gasteiger partial charge on any atom is -0.469 e. The molecule has 1 aromatic rings. The lowest BCUT2D eigenvalue weighted by molar-refractivity contribution is -0.144. The first-order valence-corrected chi connectivity index (χ1v) is 6.40. The number of anilines is 1. The Morgan fingerprint density at radius 3 is 2.62 bits per heavy atom. The number of esters is 1. The van der Waals surface area contributed by atoms with E-state index in [0.717, 1.165) is 0 Å². The molecule has 0 bridgehead atoms. The van der Waals surface area contributed by atoms with Gasteiger partial charge < -0.3 is 20.3 Å². The van der Waals surface area contributed by atoms with Gasteiger partial charge in [0.2, 0.25) is 0 Å². The Morgan fingerprint density at radius 2 is 2.00 bits per heavy atom. The Balaban J connectivity index is 2.56. The third-order valence-electron chi connectivity index (χ3n) is 3.59. The molecular formula is C14H17N3O4. The van der Waals surface area contributed by atoms with Gasteiger partial charge in [0.1, 0.15) is 0 Å². The van der Waals surface area contributed by atoms with Crippen LogP contribution in [0.3, 0.4) is 0 Å². The van der Waals surface area contributed by atoms with Gasteiger partial charge in [-0.1, -0.05) is 18.2 Å². The van der Waals surface area contributed by atoms with Gasteiger partial charge in [0.25, 0.3) is 5.91 Å². The lowest BCUT2D eigenvalue weighted by Gasteiger charge is -2.28. The van der Waals surface area contributed by atoms with Crippen molar-refractivity contribution in [3.05, 3.63) is 29.8 Å². The Hall–Kier alpha value is -2.57. The van der Waals surface area contributed by atoms with Crippen molar-refractivity contribution in [2.45, 2.75) is 12.0 Å². The van der Waals surface area contributed by atoms with Crippen molar-refractivity contribution < 1.29 is 19.1 Å². The summed E-state index contributed by atoms with van der Waals surface area (Å²) in [5.74, 6) is -0.956. The maximum Gasteiger partial charge on any atom is 0.315 e. The molecule has 21 heavy (non-hydrogen) atoms. The third-order valence-corrected chi connectivity index (χ3v) is 3.59. The Labute approximate surface area is 122 Å². The summed E-state index contributed by atoms with van der Waals surface area (Å²) in [5.41, 5.74) is -0.215.